The van der Waals surface area contributed by atoms with Crippen molar-refractivity contribution in [2.24, 2.45) is 0 Å². The van der Waals surface area contributed by atoms with E-state index in [4.69, 9.17) is 19.6 Å². The smallest absolute Gasteiger partial charge is 0.164 e. The van der Waals surface area contributed by atoms with Gasteiger partial charge in [-0.2, -0.15) is 5.10 Å². The van der Waals surface area contributed by atoms with E-state index in [0.717, 1.165) is 52.4 Å². The van der Waals surface area contributed by atoms with Gasteiger partial charge < -0.3 is 9.47 Å². The summed E-state index contributed by atoms with van der Waals surface area (Å²) in [5.74, 6) is 0.833. The zero-order valence-electron chi connectivity index (χ0n) is 16.0. The third kappa shape index (κ3) is 2.67. The molecule has 0 N–H and O–H groups in total. The second kappa shape index (κ2) is 6.77. The molecule has 140 valence electrons. The van der Waals surface area contributed by atoms with E-state index in [1.54, 1.807) is 7.11 Å². The SMILES string of the molecule is COc1ccc(-c2nc3c(c(C)nn3-c3ccccc3)c3c2COCC3)cc1. The number of hydrogen-bond donors (Lipinski definition) is 0. The Morgan fingerprint density at radius 1 is 1.00 bits per heavy atom. The lowest BCUT2D eigenvalue weighted by atomic mass is 9.95. The summed E-state index contributed by atoms with van der Waals surface area (Å²) in [6.45, 7) is 3.37. The van der Waals surface area contributed by atoms with Crippen LogP contribution in [0.15, 0.2) is 54.6 Å². The first-order chi connectivity index (χ1) is 13.8. The minimum Gasteiger partial charge on any atom is -0.497 e. The molecule has 0 aliphatic carbocycles. The van der Waals surface area contributed by atoms with Crippen LogP contribution in [-0.2, 0) is 17.8 Å². The first-order valence-electron chi connectivity index (χ1n) is 9.45. The molecular formula is C23H21N3O2. The van der Waals surface area contributed by atoms with Gasteiger partial charge in [0.25, 0.3) is 0 Å². The highest BCUT2D eigenvalue weighted by Crippen LogP contribution is 2.35. The number of ether oxygens (including phenoxy) is 2. The lowest BCUT2D eigenvalue weighted by Crippen LogP contribution is -2.13. The number of para-hydroxylation sites is 1. The molecule has 0 amide bonds. The molecule has 0 saturated carbocycles. The molecular weight excluding hydrogens is 350 g/mol. The maximum absolute atomic E-state index is 5.79. The summed E-state index contributed by atoms with van der Waals surface area (Å²) in [5.41, 5.74) is 7.41. The van der Waals surface area contributed by atoms with E-state index >= 15 is 0 Å². The van der Waals surface area contributed by atoms with Crippen molar-refractivity contribution in [2.75, 3.05) is 13.7 Å². The van der Waals surface area contributed by atoms with E-state index in [-0.39, 0.29) is 0 Å². The number of rotatable bonds is 3. The lowest BCUT2D eigenvalue weighted by molar-refractivity contribution is 0.111. The lowest BCUT2D eigenvalue weighted by Gasteiger charge is -2.21. The van der Waals surface area contributed by atoms with E-state index < -0.39 is 0 Å². The highest BCUT2D eigenvalue weighted by atomic mass is 16.5. The molecule has 2 aromatic carbocycles. The van der Waals surface area contributed by atoms with E-state index in [9.17, 15) is 0 Å². The molecule has 28 heavy (non-hydrogen) atoms. The number of nitrogens with zero attached hydrogens (tertiary/aromatic N) is 3. The van der Waals surface area contributed by atoms with E-state index in [2.05, 4.69) is 31.2 Å². The van der Waals surface area contributed by atoms with Crippen LogP contribution in [0.1, 0.15) is 16.8 Å². The molecule has 4 aromatic rings. The fourth-order valence-corrected chi connectivity index (χ4v) is 3.96. The zero-order valence-corrected chi connectivity index (χ0v) is 16.0. The Bertz CT molecular complexity index is 1150. The Kier molecular flexibility index (Phi) is 4.10. The largest absolute Gasteiger partial charge is 0.497 e. The molecule has 5 rings (SSSR count). The van der Waals surface area contributed by atoms with Crippen LogP contribution in [0.5, 0.6) is 5.75 Å². The Balaban J connectivity index is 1.80. The number of benzene rings is 2. The quantitative estimate of drug-likeness (QED) is 0.533. The summed E-state index contributed by atoms with van der Waals surface area (Å²) in [4.78, 5) is 5.09. The zero-order chi connectivity index (χ0) is 19.1. The fraction of sp³-hybridized carbons (Fsp3) is 0.217. The average molecular weight is 371 g/mol. The highest BCUT2D eigenvalue weighted by molar-refractivity contribution is 5.88. The molecule has 1 aliphatic heterocycles. The van der Waals surface area contributed by atoms with Gasteiger partial charge in [0.05, 0.1) is 37.4 Å². The number of methoxy groups -OCH3 is 1. The maximum atomic E-state index is 5.79. The standard InChI is InChI=1S/C23H21N3O2/c1-15-21-19-12-13-28-14-20(19)22(16-8-10-18(27-2)11-9-16)24-23(21)26(25-15)17-6-4-3-5-7-17/h3-11H,12-14H2,1-2H3. The van der Waals surface area contributed by atoms with Gasteiger partial charge in [0.1, 0.15) is 5.75 Å². The number of hydrogen-bond acceptors (Lipinski definition) is 4. The molecule has 0 bridgehead atoms. The maximum Gasteiger partial charge on any atom is 0.164 e. The minimum atomic E-state index is 0.579. The van der Waals surface area contributed by atoms with E-state index in [0.29, 0.717) is 6.61 Å². The molecule has 0 fully saturated rings. The van der Waals surface area contributed by atoms with Crippen LogP contribution in [0.3, 0.4) is 0 Å². The molecule has 5 nitrogen and oxygen atoms in total. The van der Waals surface area contributed by atoms with Gasteiger partial charge in [-0.1, -0.05) is 18.2 Å². The molecule has 0 saturated heterocycles. The molecule has 0 radical (unpaired) electrons. The van der Waals surface area contributed by atoms with Gasteiger partial charge in [-0.15, -0.1) is 0 Å². The van der Waals surface area contributed by atoms with Gasteiger partial charge in [-0.3, -0.25) is 0 Å². The molecule has 0 spiro atoms. The van der Waals surface area contributed by atoms with E-state index in [1.807, 2.05) is 35.0 Å². The Hall–Kier alpha value is -3.18. The van der Waals surface area contributed by atoms with Gasteiger partial charge in [-0.05, 0) is 55.3 Å². The van der Waals surface area contributed by atoms with Crippen molar-refractivity contribution >= 4 is 11.0 Å². The van der Waals surface area contributed by atoms with Crippen LogP contribution in [0.4, 0.5) is 0 Å². The Morgan fingerprint density at radius 3 is 2.54 bits per heavy atom. The van der Waals surface area contributed by atoms with Gasteiger partial charge in [0.2, 0.25) is 0 Å². The predicted molar refractivity (Wildman–Crippen MR) is 109 cm³/mol. The second-order valence-corrected chi connectivity index (χ2v) is 6.98. The van der Waals surface area contributed by atoms with Crippen molar-refractivity contribution in [1.29, 1.82) is 0 Å². The van der Waals surface area contributed by atoms with Crippen LogP contribution in [-0.4, -0.2) is 28.5 Å². The third-order valence-corrected chi connectivity index (χ3v) is 5.31. The summed E-state index contributed by atoms with van der Waals surface area (Å²) in [7, 11) is 1.68. The normalized spacial score (nSPS) is 13.5. The number of fused-ring (bicyclic) bond motifs is 3. The van der Waals surface area contributed by atoms with Crippen LogP contribution in [0, 0.1) is 6.92 Å². The second-order valence-electron chi connectivity index (χ2n) is 6.98. The summed E-state index contributed by atoms with van der Waals surface area (Å²) in [5, 5.41) is 5.98. The van der Waals surface area contributed by atoms with Crippen LogP contribution >= 0.6 is 0 Å². The average Bonchev–Trinajstić information content (AvgIpc) is 3.10. The van der Waals surface area contributed by atoms with Crippen molar-refractivity contribution in [3.8, 4) is 22.7 Å². The topological polar surface area (TPSA) is 49.2 Å². The molecule has 5 heteroatoms. The van der Waals surface area contributed by atoms with Gasteiger partial charge in [0.15, 0.2) is 5.65 Å². The molecule has 2 aromatic heterocycles. The first kappa shape index (κ1) is 17.0. The van der Waals surface area contributed by atoms with Gasteiger partial charge >= 0.3 is 0 Å². The van der Waals surface area contributed by atoms with Crippen molar-refractivity contribution in [1.82, 2.24) is 14.8 Å². The number of pyridine rings is 1. The fourth-order valence-electron chi connectivity index (χ4n) is 3.96. The summed E-state index contributed by atoms with van der Waals surface area (Å²) >= 11 is 0. The van der Waals surface area contributed by atoms with E-state index in [1.165, 1.54) is 11.1 Å². The van der Waals surface area contributed by atoms with Crippen molar-refractivity contribution in [3.05, 3.63) is 71.4 Å². The molecule has 3 heterocycles. The number of aryl methyl sites for hydroxylation is 1. The minimum absolute atomic E-state index is 0.579. The molecule has 0 unspecified atom stereocenters. The molecule has 0 atom stereocenters. The van der Waals surface area contributed by atoms with Crippen molar-refractivity contribution in [3.63, 3.8) is 0 Å². The Morgan fingerprint density at radius 2 is 1.79 bits per heavy atom. The van der Waals surface area contributed by atoms with Crippen molar-refractivity contribution < 1.29 is 9.47 Å². The summed E-state index contributed by atoms with van der Waals surface area (Å²) in [6, 6.07) is 18.2. The summed E-state index contributed by atoms with van der Waals surface area (Å²) in [6.07, 6.45) is 0.874. The van der Waals surface area contributed by atoms with Crippen LogP contribution in [0.25, 0.3) is 28.0 Å². The van der Waals surface area contributed by atoms with Crippen LogP contribution in [0.2, 0.25) is 0 Å². The first-order valence-corrected chi connectivity index (χ1v) is 9.45. The number of aromatic nitrogens is 3. The Labute approximate surface area is 163 Å². The van der Waals surface area contributed by atoms with Gasteiger partial charge in [-0.25, -0.2) is 9.67 Å². The molecule has 1 aliphatic rings. The summed E-state index contributed by atoms with van der Waals surface area (Å²) < 4.78 is 13.1. The third-order valence-electron chi connectivity index (χ3n) is 5.31. The van der Waals surface area contributed by atoms with Crippen LogP contribution < -0.4 is 4.74 Å². The highest BCUT2D eigenvalue weighted by Gasteiger charge is 2.24. The van der Waals surface area contributed by atoms with Crippen molar-refractivity contribution in [2.45, 2.75) is 20.0 Å². The van der Waals surface area contributed by atoms with Gasteiger partial charge in [0, 0.05) is 16.5 Å². The monoisotopic (exact) mass is 371 g/mol. The predicted octanol–water partition coefficient (Wildman–Crippen LogP) is 4.48.